The minimum atomic E-state index is -0.585. The van der Waals surface area contributed by atoms with Crippen LogP contribution in [0.25, 0.3) is 0 Å². The molecule has 5 heteroatoms. The molecule has 0 radical (unpaired) electrons. The lowest BCUT2D eigenvalue weighted by molar-refractivity contribution is 0.0946. The van der Waals surface area contributed by atoms with Gasteiger partial charge in [0.1, 0.15) is 11.6 Å². The maximum absolute atomic E-state index is 13.2. The van der Waals surface area contributed by atoms with E-state index in [4.69, 9.17) is 5.11 Å². The molecule has 0 aromatic heterocycles. The molecule has 1 atom stereocenters. The number of amides is 1. The summed E-state index contributed by atoms with van der Waals surface area (Å²) >= 11 is 0. The van der Waals surface area contributed by atoms with E-state index in [1.165, 1.54) is 0 Å². The van der Waals surface area contributed by atoms with Gasteiger partial charge in [-0.15, -0.1) is 0 Å². The summed E-state index contributed by atoms with van der Waals surface area (Å²) in [6.45, 7) is 0.292. The Balaban J connectivity index is 2.06. The van der Waals surface area contributed by atoms with Crippen LogP contribution < -0.4 is 5.32 Å². The highest BCUT2D eigenvalue weighted by molar-refractivity contribution is 5.96. The van der Waals surface area contributed by atoms with Crippen LogP contribution in [0.2, 0.25) is 0 Å². The fourth-order valence-electron chi connectivity index (χ4n) is 2.27. The van der Waals surface area contributed by atoms with Crippen LogP contribution >= 0.6 is 0 Å². The number of nitrogens with one attached hydrogen (secondary N) is 1. The number of hydrogen-bond acceptors (Lipinski definition) is 3. The first-order valence-corrected chi connectivity index (χ1v) is 7.04. The van der Waals surface area contributed by atoms with E-state index < -0.39 is 11.7 Å². The predicted octanol–water partition coefficient (Wildman–Crippen LogP) is 2.43. The highest BCUT2D eigenvalue weighted by atomic mass is 19.1. The van der Waals surface area contributed by atoms with Gasteiger partial charge in [-0.05, 0) is 30.2 Å². The van der Waals surface area contributed by atoms with Crippen molar-refractivity contribution < 1.29 is 19.4 Å². The molecular formula is C17H18FNO3. The smallest absolute Gasteiger partial charge is 0.255 e. The molecule has 0 bridgehead atoms. The molecule has 2 rings (SSSR count). The number of aliphatic hydroxyl groups is 1. The summed E-state index contributed by atoms with van der Waals surface area (Å²) in [5.74, 6) is -1.45. The summed E-state index contributed by atoms with van der Waals surface area (Å²) in [7, 11) is 0. The second-order valence-electron chi connectivity index (χ2n) is 4.99. The summed E-state index contributed by atoms with van der Waals surface area (Å²) in [5, 5.41) is 21.5. The lowest BCUT2D eigenvalue weighted by Gasteiger charge is -2.17. The molecule has 1 amide bonds. The van der Waals surface area contributed by atoms with Crippen molar-refractivity contribution in [3.05, 3.63) is 65.5 Å². The number of aliphatic hydroxyl groups excluding tert-OH is 1. The van der Waals surface area contributed by atoms with E-state index in [9.17, 15) is 14.3 Å². The first-order valence-electron chi connectivity index (χ1n) is 7.04. The number of halogens is 1. The molecule has 0 saturated carbocycles. The Morgan fingerprint density at radius 3 is 2.59 bits per heavy atom. The summed E-state index contributed by atoms with van der Waals surface area (Å²) in [6, 6.07) is 12.7. The Kier molecular flexibility index (Phi) is 5.49. The van der Waals surface area contributed by atoms with Crippen molar-refractivity contribution >= 4 is 5.91 Å². The maximum atomic E-state index is 13.2. The lowest BCUT2D eigenvalue weighted by Crippen LogP contribution is -2.29. The fraction of sp³-hybridized carbons (Fsp3) is 0.235. The van der Waals surface area contributed by atoms with Crippen molar-refractivity contribution in [3.8, 4) is 5.75 Å². The molecule has 0 saturated heterocycles. The molecule has 0 heterocycles. The van der Waals surface area contributed by atoms with Gasteiger partial charge in [-0.25, -0.2) is 4.39 Å². The zero-order valence-corrected chi connectivity index (χ0v) is 12.0. The Morgan fingerprint density at radius 1 is 1.18 bits per heavy atom. The Morgan fingerprint density at radius 2 is 1.91 bits per heavy atom. The molecule has 0 aliphatic carbocycles. The third-order valence-electron chi connectivity index (χ3n) is 3.46. The molecule has 0 spiro atoms. The van der Waals surface area contributed by atoms with Gasteiger partial charge in [0, 0.05) is 19.1 Å². The van der Waals surface area contributed by atoms with Gasteiger partial charge in [0.2, 0.25) is 0 Å². The summed E-state index contributed by atoms with van der Waals surface area (Å²) in [6.07, 6.45) is 0.499. The second-order valence-corrected chi connectivity index (χ2v) is 4.99. The summed E-state index contributed by atoms with van der Waals surface area (Å²) in [4.78, 5) is 12.1. The summed E-state index contributed by atoms with van der Waals surface area (Å²) in [5.41, 5.74) is 0.899. The predicted molar refractivity (Wildman–Crippen MR) is 81.3 cm³/mol. The van der Waals surface area contributed by atoms with Crippen LogP contribution in [-0.2, 0) is 0 Å². The highest BCUT2D eigenvalue weighted by Gasteiger charge is 2.16. The molecule has 0 aliphatic heterocycles. The van der Waals surface area contributed by atoms with Crippen molar-refractivity contribution in [2.75, 3.05) is 13.2 Å². The minimum Gasteiger partial charge on any atom is -0.507 e. The topological polar surface area (TPSA) is 69.6 Å². The molecule has 3 N–H and O–H groups in total. The maximum Gasteiger partial charge on any atom is 0.255 e. The van der Waals surface area contributed by atoms with E-state index in [2.05, 4.69) is 5.32 Å². The van der Waals surface area contributed by atoms with Gasteiger partial charge >= 0.3 is 0 Å². The van der Waals surface area contributed by atoms with E-state index in [0.717, 1.165) is 23.8 Å². The van der Waals surface area contributed by atoms with Gasteiger partial charge in [-0.3, -0.25) is 4.79 Å². The van der Waals surface area contributed by atoms with Crippen LogP contribution in [0.4, 0.5) is 4.39 Å². The van der Waals surface area contributed by atoms with Crippen molar-refractivity contribution in [1.82, 2.24) is 5.32 Å². The average molecular weight is 303 g/mol. The average Bonchev–Trinajstić information content (AvgIpc) is 2.54. The van der Waals surface area contributed by atoms with Crippen LogP contribution in [0.1, 0.15) is 28.3 Å². The number of benzene rings is 2. The third-order valence-corrected chi connectivity index (χ3v) is 3.46. The van der Waals surface area contributed by atoms with Crippen molar-refractivity contribution in [2.45, 2.75) is 12.3 Å². The molecule has 4 nitrogen and oxygen atoms in total. The lowest BCUT2D eigenvalue weighted by atomic mass is 9.96. The quantitative estimate of drug-likeness (QED) is 0.767. The molecule has 116 valence electrons. The summed E-state index contributed by atoms with van der Waals surface area (Å²) < 4.78 is 13.2. The van der Waals surface area contributed by atoms with Crippen LogP contribution in [0.15, 0.2) is 48.5 Å². The number of phenols is 1. The molecule has 2 aromatic carbocycles. The van der Waals surface area contributed by atoms with Crippen LogP contribution in [0.5, 0.6) is 5.75 Å². The molecule has 1 unspecified atom stereocenters. The number of aromatic hydroxyl groups is 1. The van der Waals surface area contributed by atoms with Crippen LogP contribution in [0, 0.1) is 5.82 Å². The second kappa shape index (κ2) is 7.56. The van der Waals surface area contributed by atoms with Crippen molar-refractivity contribution in [2.24, 2.45) is 0 Å². The van der Waals surface area contributed by atoms with E-state index in [1.54, 1.807) is 0 Å². The molecule has 2 aromatic rings. The first-order chi connectivity index (χ1) is 10.6. The number of carbonyl (C=O) groups excluding carboxylic acids is 1. The number of hydrogen-bond donors (Lipinski definition) is 3. The van der Waals surface area contributed by atoms with Crippen LogP contribution in [-0.4, -0.2) is 29.3 Å². The van der Waals surface area contributed by atoms with E-state index >= 15 is 0 Å². The molecule has 0 aliphatic rings. The van der Waals surface area contributed by atoms with E-state index in [-0.39, 0.29) is 23.8 Å². The SMILES string of the molecule is O=C(NCC(CCO)c1ccccc1)c1cc(F)ccc1O. The highest BCUT2D eigenvalue weighted by Crippen LogP contribution is 2.20. The normalized spacial score (nSPS) is 11.9. The van der Waals surface area contributed by atoms with Gasteiger partial charge in [-0.2, -0.15) is 0 Å². The van der Waals surface area contributed by atoms with Gasteiger partial charge in [0.25, 0.3) is 5.91 Å². The molecular weight excluding hydrogens is 285 g/mol. The number of carbonyl (C=O) groups is 1. The number of phenolic OH excluding ortho intramolecular Hbond substituents is 1. The van der Waals surface area contributed by atoms with Gasteiger partial charge in [0.15, 0.2) is 0 Å². The standard InChI is InChI=1S/C17H18FNO3/c18-14-6-7-16(21)15(10-14)17(22)19-11-13(8-9-20)12-4-2-1-3-5-12/h1-7,10,13,20-21H,8-9,11H2,(H,19,22). The molecule has 22 heavy (non-hydrogen) atoms. The van der Waals surface area contributed by atoms with E-state index in [0.29, 0.717) is 13.0 Å². The fourth-order valence-corrected chi connectivity index (χ4v) is 2.27. The van der Waals surface area contributed by atoms with Gasteiger partial charge < -0.3 is 15.5 Å². The Bertz CT molecular complexity index is 631. The van der Waals surface area contributed by atoms with Crippen molar-refractivity contribution in [3.63, 3.8) is 0 Å². The molecule has 0 fully saturated rings. The minimum absolute atomic E-state index is 0.000641. The van der Waals surface area contributed by atoms with Gasteiger partial charge in [0.05, 0.1) is 5.56 Å². The Labute approximate surface area is 128 Å². The zero-order chi connectivity index (χ0) is 15.9. The largest absolute Gasteiger partial charge is 0.507 e. The third kappa shape index (κ3) is 4.05. The number of rotatable bonds is 6. The zero-order valence-electron chi connectivity index (χ0n) is 12.0. The van der Waals surface area contributed by atoms with Crippen molar-refractivity contribution in [1.29, 1.82) is 0 Å². The first kappa shape index (κ1) is 16.0. The van der Waals surface area contributed by atoms with Crippen LogP contribution in [0.3, 0.4) is 0 Å². The Hall–Kier alpha value is -2.40. The monoisotopic (exact) mass is 303 g/mol. The van der Waals surface area contributed by atoms with E-state index in [1.807, 2.05) is 30.3 Å². The van der Waals surface area contributed by atoms with Gasteiger partial charge in [-0.1, -0.05) is 30.3 Å².